The normalized spacial score (nSPS) is 17.4. The Bertz CT molecular complexity index is 1020. The van der Waals surface area contributed by atoms with Crippen LogP contribution < -0.4 is 15.2 Å². The van der Waals surface area contributed by atoms with E-state index in [0.29, 0.717) is 5.95 Å². The second kappa shape index (κ2) is 9.29. The van der Waals surface area contributed by atoms with Crippen LogP contribution in [0.15, 0.2) is 47.6 Å². The molecule has 0 aliphatic carbocycles. The van der Waals surface area contributed by atoms with Crippen LogP contribution in [0.1, 0.15) is 44.1 Å². The van der Waals surface area contributed by atoms with Gasteiger partial charge in [0.15, 0.2) is 0 Å². The molecule has 0 unspecified atom stereocenters. The van der Waals surface area contributed by atoms with Crippen LogP contribution in [0, 0.1) is 0 Å². The third-order valence-electron chi connectivity index (χ3n) is 6.04. The van der Waals surface area contributed by atoms with Crippen LogP contribution in [0.5, 0.6) is 0 Å². The van der Waals surface area contributed by atoms with Crippen LogP contribution >= 0.6 is 0 Å². The van der Waals surface area contributed by atoms with Crippen molar-refractivity contribution in [2.75, 3.05) is 41.4 Å². The quantitative estimate of drug-likeness (QED) is 0.490. The number of hydrazone groups is 1. The Morgan fingerprint density at radius 1 is 0.710 bits per heavy atom. The average molecular weight is 416 g/mol. The monoisotopic (exact) mass is 415 g/mol. The minimum Gasteiger partial charge on any atom is -0.341 e. The summed E-state index contributed by atoms with van der Waals surface area (Å²) in [7, 11) is 0. The SMILES string of the molecule is C(=N/Nc1nc(N2CCCCC2)nc(N2CCCCC2)n1)/c1ccc2ccccc2c1. The van der Waals surface area contributed by atoms with Gasteiger partial charge in [-0.15, -0.1) is 0 Å². The molecule has 0 amide bonds. The molecule has 5 rings (SSSR count). The van der Waals surface area contributed by atoms with Crippen molar-refractivity contribution in [2.24, 2.45) is 5.10 Å². The Hall–Kier alpha value is -3.22. The number of nitrogens with one attached hydrogen (secondary N) is 1. The molecular formula is C24H29N7. The number of nitrogens with zero attached hydrogens (tertiary/aromatic N) is 6. The lowest BCUT2D eigenvalue weighted by atomic mass is 10.1. The minimum absolute atomic E-state index is 0.508. The average Bonchev–Trinajstić information content (AvgIpc) is 2.85. The molecule has 1 N–H and O–H groups in total. The Kier molecular flexibility index (Phi) is 5.91. The Morgan fingerprint density at radius 3 is 1.97 bits per heavy atom. The number of fused-ring (bicyclic) bond motifs is 1. The second-order valence-electron chi connectivity index (χ2n) is 8.33. The molecule has 31 heavy (non-hydrogen) atoms. The van der Waals surface area contributed by atoms with Gasteiger partial charge in [-0.25, -0.2) is 5.43 Å². The zero-order chi connectivity index (χ0) is 20.9. The van der Waals surface area contributed by atoms with Crippen molar-refractivity contribution in [3.8, 4) is 0 Å². The Labute approximate surface area is 183 Å². The highest BCUT2D eigenvalue weighted by Gasteiger charge is 2.20. The fourth-order valence-electron chi connectivity index (χ4n) is 4.33. The van der Waals surface area contributed by atoms with Crippen molar-refractivity contribution in [3.05, 3.63) is 48.0 Å². The highest BCUT2D eigenvalue weighted by molar-refractivity contribution is 5.90. The van der Waals surface area contributed by atoms with Gasteiger partial charge >= 0.3 is 0 Å². The third kappa shape index (κ3) is 4.76. The van der Waals surface area contributed by atoms with Crippen molar-refractivity contribution in [1.29, 1.82) is 0 Å². The summed E-state index contributed by atoms with van der Waals surface area (Å²) >= 11 is 0. The van der Waals surface area contributed by atoms with E-state index in [0.717, 1.165) is 43.6 Å². The summed E-state index contributed by atoms with van der Waals surface area (Å²) in [6, 6.07) is 14.6. The zero-order valence-electron chi connectivity index (χ0n) is 17.9. The van der Waals surface area contributed by atoms with Crippen molar-refractivity contribution in [3.63, 3.8) is 0 Å². The predicted octanol–water partition coefficient (Wildman–Crippen LogP) is 4.45. The highest BCUT2D eigenvalue weighted by Crippen LogP contribution is 2.22. The molecular weight excluding hydrogens is 386 g/mol. The number of benzene rings is 2. The first kappa shape index (κ1) is 19.7. The standard InChI is InChI=1S/C24H29N7/c1-5-13-30(14-6-1)23-26-22(27-24(28-23)31-15-7-2-8-16-31)29-25-18-19-11-12-20-9-3-4-10-21(20)17-19/h3-4,9-12,17-18H,1-2,5-8,13-16H2,(H,26,27,28,29)/b25-18-. The molecule has 3 heterocycles. The summed E-state index contributed by atoms with van der Waals surface area (Å²) in [5, 5.41) is 6.85. The Balaban J connectivity index is 1.37. The van der Waals surface area contributed by atoms with Crippen LogP contribution in [-0.2, 0) is 0 Å². The van der Waals surface area contributed by atoms with E-state index in [9.17, 15) is 0 Å². The third-order valence-corrected chi connectivity index (χ3v) is 6.04. The number of anilines is 3. The predicted molar refractivity (Wildman–Crippen MR) is 127 cm³/mol. The summed E-state index contributed by atoms with van der Waals surface area (Å²) in [6.45, 7) is 4.01. The van der Waals surface area contributed by atoms with Gasteiger partial charge in [0.05, 0.1) is 6.21 Å². The molecule has 2 aliphatic rings. The number of hydrogen-bond donors (Lipinski definition) is 1. The molecule has 0 spiro atoms. The molecule has 7 heteroatoms. The van der Waals surface area contributed by atoms with E-state index < -0.39 is 0 Å². The first-order valence-electron chi connectivity index (χ1n) is 11.4. The molecule has 0 radical (unpaired) electrons. The van der Waals surface area contributed by atoms with Crippen LogP contribution in [0.2, 0.25) is 0 Å². The van der Waals surface area contributed by atoms with Gasteiger partial charge in [0.1, 0.15) is 0 Å². The van der Waals surface area contributed by atoms with Crippen LogP contribution in [0.3, 0.4) is 0 Å². The molecule has 2 aliphatic heterocycles. The van der Waals surface area contributed by atoms with Crippen molar-refractivity contribution < 1.29 is 0 Å². The van der Waals surface area contributed by atoms with Crippen molar-refractivity contribution in [1.82, 2.24) is 15.0 Å². The molecule has 2 aromatic carbocycles. The first-order valence-corrected chi connectivity index (χ1v) is 11.4. The maximum atomic E-state index is 4.82. The second-order valence-corrected chi connectivity index (χ2v) is 8.33. The largest absolute Gasteiger partial charge is 0.341 e. The van der Waals surface area contributed by atoms with E-state index in [4.69, 9.17) is 4.98 Å². The van der Waals surface area contributed by atoms with Gasteiger partial charge in [-0.05, 0) is 60.9 Å². The molecule has 1 aromatic heterocycles. The van der Waals surface area contributed by atoms with Gasteiger partial charge in [0, 0.05) is 26.2 Å². The molecule has 0 saturated carbocycles. The van der Waals surface area contributed by atoms with E-state index in [2.05, 4.69) is 72.8 Å². The van der Waals surface area contributed by atoms with Crippen LogP contribution in [-0.4, -0.2) is 47.3 Å². The number of aromatic nitrogens is 3. The van der Waals surface area contributed by atoms with Crippen molar-refractivity contribution >= 4 is 34.8 Å². The number of piperidine rings is 2. The lowest BCUT2D eigenvalue weighted by Gasteiger charge is -2.30. The van der Waals surface area contributed by atoms with Crippen LogP contribution in [0.25, 0.3) is 10.8 Å². The number of hydrogen-bond acceptors (Lipinski definition) is 7. The van der Waals surface area contributed by atoms with Gasteiger partial charge in [0.2, 0.25) is 17.8 Å². The Morgan fingerprint density at radius 2 is 1.32 bits per heavy atom. The molecule has 0 bridgehead atoms. The fraction of sp³-hybridized carbons (Fsp3) is 0.417. The van der Waals surface area contributed by atoms with Gasteiger partial charge in [-0.1, -0.05) is 36.4 Å². The highest BCUT2D eigenvalue weighted by atomic mass is 15.4. The van der Waals surface area contributed by atoms with E-state index in [1.807, 2.05) is 6.21 Å². The summed E-state index contributed by atoms with van der Waals surface area (Å²) in [5.74, 6) is 2.03. The van der Waals surface area contributed by atoms with Gasteiger partial charge < -0.3 is 9.80 Å². The topological polar surface area (TPSA) is 69.5 Å². The molecule has 7 nitrogen and oxygen atoms in total. The molecule has 160 valence electrons. The van der Waals surface area contributed by atoms with Gasteiger partial charge in [-0.2, -0.15) is 20.1 Å². The van der Waals surface area contributed by atoms with Gasteiger partial charge in [0.25, 0.3) is 0 Å². The number of rotatable bonds is 5. The summed E-state index contributed by atoms with van der Waals surface area (Å²) in [4.78, 5) is 18.7. The maximum Gasteiger partial charge on any atom is 0.250 e. The van der Waals surface area contributed by atoms with Crippen LogP contribution in [0.4, 0.5) is 17.8 Å². The van der Waals surface area contributed by atoms with E-state index in [1.165, 1.54) is 49.3 Å². The fourth-order valence-corrected chi connectivity index (χ4v) is 4.33. The first-order chi connectivity index (χ1) is 15.3. The zero-order valence-corrected chi connectivity index (χ0v) is 17.9. The minimum atomic E-state index is 0.508. The van der Waals surface area contributed by atoms with E-state index in [-0.39, 0.29) is 0 Å². The summed E-state index contributed by atoms with van der Waals surface area (Å²) < 4.78 is 0. The summed E-state index contributed by atoms with van der Waals surface area (Å²) in [5.41, 5.74) is 4.09. The maximum absolute atomic E-state index is 4.82. The lowest BCUT2D eigenvalue weighted by Crippen LogP contribution is -2.34. The molecule has 2 saturated heterocycles. The lowest BCUT2D eigenvalue weighted by molar-refractivity contribution is 0.556. The molecule has 2 fully saturated rings. The summed E-state index contributed by atoms with van der Waals surface area (Å²) in [6.07, 6.45) is 9.13. The van der Waals surface area contributed by atoms with Gasteiger partial charge in [-0.3, -0.25) is 0 Å². The molecule has 0 atom stereocenters. The molecule has 3 aromatic rings. The van der Waals surface area contributed by atoms with E-state index >= 15 is 0 Å². The van der Waals surface area contributed by atoms with Crippen molar-refractivity contribution in [2.45, 2.75) is 38.5 Å². The smallest absolute Gasteiger partial charge is 0.250 e. The van der Waals surface area contributed by atoms with E-state index in [1.54, 1.807) is 0 Å².